The molecule has 0 saturated heterocycles. The fourth-order valence-corrected chi connectivity index (χ4v) is 8.45. The van der Waals surface area contributed by atoms with E-state index in [9.17, 15) is 39.6 Å². The molecule has 4 N–H and O–H groups in total. The first-order valence-electron chi connectivity index (χ1n) is 15.1. The molecule has 0 heterocycles. The first kappa shape index (κ1) is 32.2. The molecule has 1 unspecified atom stereocenters. The minimum Gasteiger partial charge on any atom is -0.508 e. The van der Waals surface area contributed by atoms with Gasteiger partial charge in [0.05, 0.1) is 18.2 Å². The van der Waals surface area contributed by atoms with Crippen molar-refractivity contribution in [3.8, 4) is 16.9 Å². The molecule has 45 heavy (non-hydrogen) atoms. The molecule has 0 spiro atoms. The Hall–Kier alpha value is -4.24. The number of hydrogen-bond donors (Lipinski definition) is 4. The second-order valence-corrected chi connectivity index (χ2v) is 13.9. The van der Waals surface area contributed by atoms with E-state index in [1.54, 1.807) is 52.0 Å². The maximum atomic E-state index is 14.6. The predicted octanol–water partition coefficient (Wildman–Crippen LogP) is 5.77. The number of rotatable bonds is 5. The smallest absolute Gasteiger partial charge is 0.337 e. The number of carbonyl (C=O) groups is 4. The largest absolute Gasteiger partial charge is 0.508 e. The molecule has 3 aliphatic rings. The first-order chi connectivity index (χ1) is 20.9. The van der Waals surface area contributed by atoms with Gasteiger partial charge in [-0.3, -0.25) is 14.4 Å². The number of phenolic OH excluding ortho intramolecular Hbond substituents is 1. The predicted molar refractivity (Wildman–Crippen MR) is 167 cm³/mol. The highest BCUT2D eigenvalue weighted by Crippen LogP contribution is 2.65. The van der Waals surface area contributed by atoms with Crippen LogP contribution in [0.5, 0.6) is 5.75 Å². The Morgan fingerprint density at radius 3 is 2.11 bits per heavy atom. The normalized spacial score (nSPS) is 27.8. The molecule has 2 aromatic rings. The Morgan fingerprint density at radius 2 is 1.60 bits per heavy atom. The van der Waals surface area contributed by atoms with Crippen molar-refractivity contribution in [2.45, 2.75) is 72.8 Å². The van der Waals surface area contributed by atoms with E-state index >= 15 is 0 Å². The van der Waals surface area contributed by atoms with Crippen molar-refractivity contribution in [2.75, 3.05) is 7.11 Å². The molecular weight excluding hydrogens is 576 g/mol. The molecule has 2 aromatic carbocycles. The Morgan fingerprint density at radius 1 is 1.00 bits per heavy atom. The van der Waals surface area contributed by atoms with E-state index in [4.69, 9.17) is 4.74 Å². The van der Waals surface area contributed by atoms with E-state index in [0.717, 1.165) is 12.5 Å². The van der Waals surface area contributed by atoms with Gasteiger partial charge in [0.15, 0.2) is 17.2 Å². The van der Waals surface area contributed by atoms with Gasteiger partial charge in [-0.2, -0.15) is 0 Å². The average Bonchev–Trinajstić information content (AvgIpc) is 2.94. The van der Waals surface area contributed by atoms with Gasteiger partial charge in [-0.15, -0.1) is 0 Å². The van der Waals surface area contributed by atoms with Gasteiger partial charge in [-0.05, 0) is 66.5 Å². The lowest BCUT2D eigenvalue weighted by Crippen LogP contribution is -2.69. The summed E-state index contributed by atoms with van der Waals surface area (Å²) in [6, 6.07) is 8.24. The van der Waals surface area contributed by atoms with Crippen LogP contribution in [0.2, 0.25) is 0 Å². The molecule has 0 aliphatic heterocycles. The average molecular weight is 617 g/mol. The van der Waals surface area contributed by atoms with Crippen LogP contribution in [0.4, 0.5) is 0 Å². The maximum absolute atomic E-state index is 14.6. The number of ether oxygens (including phenoxy) is 1. The van der Waals surface area contributed by atoms with Gasteiger partial charge in [0.25, 0.3) is 0 Å². The van der Waals surface area contributed by atoms with Crippen LogP contribution in [-0.2, 0) is 25.5 Å². The zero-order valence-electron chi connectivity index (χ0n) is 26.9. The molecule has 0 amide bonds. The van der Waals surface area contributed by atoms with E-state index in [2.05, 4.69) is 0 Å². The van der Waals surface area contributed by atoms with Crippen molar-refractivity contribution < 1.29 is 44.3 Å². The monoisotopic (exact) mass is 616 g/mol. The second kappa shape index (κ2) is 10.4. The number of aliphatic hydroxyl groups is 3. The fraction of sp³-hybridized carbons (Fsp3) is 0.444. The van der Waals surface area contributed by atoms with Gasteiger partial charge in [0, 0.05) is 27.9 Å². The van der Waals surface area contributed by atoms with Crippen LogP contribution >= 0.6 is 0 Å². The SMILES string of the molecule is COC(=O)c1ccc(-c2cc(C(C)C)c3c(c2O)C(O)=C2C(=O)[C@@]4(O)C(O)=C(C(C)=O)C(=O)C(C(C)C)[C@@]4(C)C[C@@]2(C)C3)cc1. The number of esters is 1. The van der Waals surface area contributed by atoms with E-state index in [-0.39, 0.29) is 35.6 Å². The number of ketones is 3. The third-order valence-electron chi connectivity index (χ3n) is 10.3. The van der Waals surface area contributed by atoms with Gasteiger partial charge < -0.3 is 25.2 Å². The summed E-state index contributed by atoms with van der Waals surface area (Å²) in [7, 11) is 1.28. The Kier molecular flexibility index (Phi) is 7.44. The van der Waals surface area contributed by atoms with Crippen LogP contribution in [0.3, 0.4) is 0 Å². The topological polar surface area (TPSA) is 158 Å². The number of allylic oxidation sites excluding steroid dienone is 1. The lowest BCUT2D eigenvalue weighted by atomic mass is 9.43. The number of methoxy groups -OCH3 is 1. The van der Waals surface area contributed by atoms with Crippen LogP contribution in [-0.4, -0.2) is 56.5 Å². The van der Waals surface area contributed by atoms with Gasteiger partial charge >= 0.3 is 5.97 Å². The molecule has 238 valence electrons. The number of aliphatic hydroxyl groups excluding tert-OH is 2. The van der Waals surface area contributed by atoms with E-state index < -0.39 is 68.7 Å². The first-order valence-corrected chi connectivity index (χ1v) is 15.1. The molecule has 4 atom stereocenters. The summed E-state index contributed by atoms with van der Waals surface area (Å²) in [5, 5.41) is 47.3. The summed E-state index contributed by atoms with van der Waals surface area (Å²) in [5.41, 5.74) is -3.34. The van der Waals surface area contributed by atoms with Crippen molar-refractivity contribution in [1.29, 1.82) is 0 Å². The number of benzene rings is 2. The fourth-order valence-electron chi connectivity index (χ4n) is 8.45. The van der Waals surface area contributed by atoms with Crippen molar-refractivity contribution in [3.05, 3.63) is 69.5 Å². The summed E-state index contributed by atoms with van der Waals surface area (Å²) < 4.78 is 4.78. The molecule has 0 aromatic heterocycles. The number of fused-ring (bicyclic) bond motifs is 3. The molecule has 1 saturated carbocycles. The lowest BCUT2D eigenvalue weighted by molar-refractivity contribution is -0.178. The Labute approximate surface area is 262 Å². The highest BCUT2D eigenvalue weighted by Gasteiger charge is 2.72. The third kappa shape index (κ3) is 4.23. The zero-order valence-corrected chi connectivity index (χ0v) is 26.9. The van der Waals surface area contributed by atoms with Crippen LogP contribution in [0, 0.1) is 22.7 Å². The number of aromatic hydroxyl groups is 1. The second-order valence-electron chi connectivity index (χ2n) is 13.9. The van der Waals surface area contributed by atoms with Crippen LogP contribution in [0.1, 0.15) is 87.9 Å². The minimum absolute atomic E-state index is 0.0277. The minimum atomic E-state index is -2.67. The highest BCUT2D eigenvalue weighted by molar-refractivity contribution is 6.24. The third-order valence-corrected chi connectivity index (χ3v) is 10.3. The molecule has 9 heteroatoms. The number of hydrogen-bond acceptors (Lipinski definition) is 9. The van der Waals surface area contributed by atoms with E-state index in [0.29, 0.717) is 22.3 Å². The molecular formula is C36H40O9. The molecule has 9 nitrogen and oxygen atoms in total. The van der Waals surface area contributed by atoms with E-state index in [1.165, 1.54) is 7.11 Å². The molecule has 5 rings (SSSR count). The molecule has 0 radical (unpaired) electrons. The maximum Gasteiger partial charge on any atom is 0.337 e. The van der Waals surface area contributed by atoms with Gasteiger partial charge in [-0.25, -0.2) is 4.79 Å². The molecule has 0 bridgehead atoms. The Bertz CT molecular complexity index is 1740. The summed E-state index contributed by atoms with van der Waals surface area (Å²) in [6.07, 6.45) is 0.227. The summed E-state index contributed by atoms with van der Waals surface area (Å²) in [5.74, 6) is -6.16. The van der Waals surface area contributed by atoms with Crippen molar-refractivity contribution >= 4 is 29.1 Å². The van der Waals surface area contributed by atoms with Gasteiger partial charge in [-0.1, -0.05) is 53.7 Å². The number of Topliss-reactive ketones (excluding diaryl/α,β-unsaturated/α-hetero) is 3. The van der Waals surface area contributed by atoms with Crippen LogP contribution < -0.4 is 0 Å². The molecule has 1 fully saturated rings. The summed E-state index contributed by atoms with van der Waals surface area (Å²) in [4.78, 5) is 52.9. The van der Waals surface area contributed by atoms with Crippen molar-refractivity contribution in [1.82, 2.24) is 0 Å². The van der Waals surface area contributed by atoms with Crippen LogP contribution in [0.25, 0.3) is 16.9 Å². The number of carbonyl (C=O) groups excluding carboxylic acids is 4. The van der Waals surface area contributed by atoms with Gasteiger partial charge in [0.2, 0.25) is 5.78 Å². The van der Waals surface area contributed by atoms with Crippen molar-refractivity contribution in [3.63, 3.8) is 0 Å². The zero-order chi connectivity index (χ0) is 33.5. The molecule has 3 aliphatic carbocycles. The quantitative estimate of drug-likeness (QED) is 0.242. The van der Waals surface area contributed by atoms with E-state index in [1.807, 2.05) is 19.9 Å². The number of phenols is 1. The Balaban J connectivity index is 1.80. The summed E-state index contributed by atoms with van der Waals surface area (Å²) >= 11 is 0. The van der Waals surface area contributed by atoms with Crippen molar-refractivity contribution in [2.24, 2.45) is 22.7 Å². The summed E-state index contributed by atoms with van der Waals surface area (Å²) in [6.45, 7) is 12.0. The standard InChI is InChI=1S/C36H40O9/c1-16(2)21-13-22(19-9-11-20(12-10-19)33(43)45-8)28(38)25-23(21)14-34(6)15-35(7)26(17(3)4)29(39)24(18(5)37)31(41)36(35,44)32(42)27(34)30(25)40/h9-13,16-17,26,38,40-41,44H,14-15H2,1-8H3/t26?,34-,35-,36+/m1/s1. The highest BCUT2D eigenvalue weighted by atomic mass is 16.5. The van der Waals surface area contributed by atoms with Crippen LogP contribution in [0.15, 0.2) is 47.2 Å². The van der Waals surface area contributed by atoms with Gasteiger partial charge in [0.1, 0.15) is 22.8 Å². The lowest BCUT2D eigenvalue weighted by Gasteiger charge is -2.59.